The van der Waals surface area contributed by atoms with Crippen molar-refractivity contribution in [2.24, 2.45) is 5.92 Å². The van der Waals surface area contributed by atoms with Crippen LogP contribution in [0.1, 0.15) is 18.4 Å². The number of carbonyl (C=O) groups is 1. The van der Waals surface area contributed by atoms with Crippen LogP contribution < -0.4 is 0 Å². The molecule has 3 nitrogen and oxygen atoms in total. The molecule has 0 aliphatic carbocycles. The van der Waals surface area contributed by atoms with E-state index < -0.39 is 6.09 Å². The molecule has 0 saturated carbocycles. The smallest absolute Gasteiger partial charge is 0.407 e. The zero-order valence-electron chi connectivity index (χ0n) is 9.90. The Morgan fingerprint density at radius 1 is 1.39 bits per heavy atom. The normalized spacial score (nSPS) is 15.9. The second kappa shape index (κ2) is 5.79. The van der Waals surface area contributed by atoms with E-state index >= 15 is 0 Å². The van der Waals surface area contributed by atoms with Gasteiger partial charge in [0, 0.05) is 29.6 Å². The number of rotatable bonds is 0. The van der Waals surface area contributed by atoms with Gasteiger partial charge in [-0.25, -0.2) is 4.79 Å². The van der Waals surface area contributed by atoms with E-state index in [9.17, 15) is 4.79 Å². The van der Waals surface area contributed by atoms with Gasteiger partial charge in [-0.05, 0) is 31.0 Å². The molecule has 1 saturated heterocycles. The standard InChI is InChI=1S/C14H14ClNO2/c15-13-3-1-2-12(10-13)5-4-11-6-8-16(9-7-11)14(17)18/h1-3,10-11H,6-9H2,(H,17,18). The van der Waals surface area contributed by atoms with Gasteiger partial charge < -0.3 is 10.0 Å². The van der Waals surface area contributed by atoms with Gasteiger partial charge in [-0.15, -0.1) is 0 Å². The second-order valence-corrected chi connectivity index (χ2v) is 4.76. The van der Waals surface area contributed by atoms with Gasteiger partial charge in [0.05, 0.1) is 0 Å². The quantitative estimate of drug-likeness (QED) is 0.731. The molecule has 0 bridgehead atoms. The van der Waals surface area contributed by atoms with Crippen molar-refractivity contribution >= 4 is 17.7 Å². The zero-order valence-corrected chi connectivity index (χ0v) is 10.7. The van der Waals surface area contributed by atoms with Crippen LogP contribution in [0.5, 0.6) is 0 Å². The fraction of sp³-hybridized carbons (Fsp3) is 0.357. The van der Waals surface area contributed by atoms with Crippen molar-refractivity contribution in [3.05, 3.63) is 34.9 Å². The molecule has 1 aromatic rings. The summed E-state index contributed by atoms with van der Waals surface area (Å²) in [7, 11) is 0. The highest BCUT2D eigenvalue weighted by molar-refractivity contribution is 6.30. The Bertz CT molecular complexity index is 496. The molecule has 1 heterocycles. The van der Waals surface area contributed by atoms with E-state index in [1.54, 1.807) is 0 Å². The molecule has 1 aliphatic rings. The van der Waals surface area contributed by atoms with Crippen molar-refractivity contribution < 1.29 is 9.90 Å². The minimum Gasteiger partial charge on any atom is -0.465 e. The minimum absolute atomic E-state index is 0.277. The van der Waals surface area contributed by atoms with E-state index in [4.69, 9.17) is 16.7 Å². The molecular formula is C14H14ClNO2. The first kappa shape index (κ1) is 12.8. The number of hydrogen-bond acceptors (Lipinski definition) is 1. The van der Waals surface area contributed by atoms with E-state index in [-0.39, 0.29) is 5.92 Å². The summed E-state index contributed by atoms with van der Waals surface area (Å²) in [5.74, 6) is 6.57. The molecule has 2 rings (SSSR count). The molecule has 94 valence electrons. The highest BCUT2D eigenvalue weighted by atomic mass is 35.5. The third-order valence-electron chi connectivity index (χ3n) is 3.01. The average Bonchev–Trinajstić information content (AvgIpc) is 2.37. The van der Waals surface area contributed by atoms with Gasteiger partial charge >= 0.3 is 6.09 Å². The summed E-state index contributed by atoms with van der Waals surface area (Å²) in [5.41, 5.74) is 0.906. The molecule has 4 heteroatoms. The van der Waals surface area contributed by atoms with Crippen LogP contribution in [0.25, 0.3) is 0 Å². The molecular weight excluding hydrogens is 250 g/mol. The van der Waals surface area contributed by atoms with Gasteiger partial charge in [-0.2, -0.15) is 0 Å². The molecule has 0 spiro atoms. The number of amides is 1. The van der Waals surface area contributed by atoms with Crippen molar-refractivity contribution in [2.45, 2.75) is 12.8 Å². The van der Waals surface area contributed by atoms with Gasteiger partial charge in [-0.3, -0.25) is 0 Å². The summed E-state index contributed by atoms with van der Waals surface area (Å²) in [5, 5.41) is 9.52. The van der Waals surface area contributed by atoms with Gasteiger partial charge in [0.1, 0.15) is 0 Å². The Labute approximate surface area is 111 Å². The average molecular weight is 264 g/mol. The van der Waals surface area contributed by atoms with Crippen LogP contribution >= 0.6 is 11.6 Å². The molecule has 0 aromatic heterocycles. The second-order valence-electron chi connectivity index (χ2n) is 4.32. The number of nitrogens with zero attached hydrogens (tertiary/aromatic N) is 1. The lowest BCUT2D eigenvalue weighted by atomic mass is 9.97. The largest absolute Gasteiger partial charge is 0.465 e. The maximum absolute atomic E-state index is 10.8. The van der Waals surface area contributed by atoms with Crippen LogP contribution in [0.4, 0.5) is 4.79 Å². The molecule has 1 amide bonds. The number of halogens is 1. The van der Waals surface area contributed by atoms with E-state index in [1.807, 2.05) is 24.3 Å². The number of likely N-dealkylation sites (tertiary alicyclic amines) is 1. The highest BCUT2D eigenvalue weighted by Crippen LogP contribution is 2.17. The van der Waals surface area contributed by atoms with Crippen molar-refractivity contribution in [1.82, 2.24) is 4.90 Å². The summed E-state index contributed by atoms with van der Waals surface area (Å²) in [6, 6.07) is 7.45. The molecule has 1 aromatic carbocycles. The Kier molecular flexibility index (Phi) is 4.11. The predicted molar refractivity (Wildman–Crippen MR) is 70.7 cm³/mol. The summed E-state index contributed by atoms with van der Waals surface area (Å²) < 4.78 is 0. The number of hydrogen-bond donors (Lipinski definition) is 1. The van der Waals surface area contributed by atoms with Crippen molar-refractivity contribution in [2.75, 3.05) is 13.1 Å². The molecule has 0 radical (unpaired) electrons. The lowest BCUT2D eigenvalue weighted by molar-refractivity contribution is 0.130. The number of piperidine rings is 1. The van der Waals surface area contributed by atoms with Crippen molar-refractivity contribution in [3.8, 4) is 11.8 Å². The van der Waals surface area contributed by atoms with E-state index in [0.717, 1.165) is 18.4 Å². The summed E-state index contributed by atoms with van der Waals surface area (Å²) >= 11 is 5.88. The monoisotopic (exact) mass is 263 g/mol. The van der Waals surface area contributed by atoms with E-state index in [1.165, 1.54) is 4.90 Å². The number of benzene rings is 1. The van der Waals surface area contributed by atoms with Crippen molar-refractivity contribution in [3.63, 3.8) is 0 Å². The zero-order chi connectivity index (χ0) is 13.0. The maximum Gasteiger partial charge on any atom is 0.407 e. The fourth-order valence-corrected chi connectivity index (χ4v) is 2.16. The first-order chi connectivity index (χ1) is 8.65. The summed E-state index contributed by atoms with van der Waals surface area (Å²) in [6.45, 7) is 1.15. The molecule has 18 heavy (non-hydrogen) atoms. The Hall–Kier alpha value is -1.66. The topological polar surface area (TPSA) is 40.5 Å². The van der Waals surface area contributed by atoms with Crippen LogP contribution in [0.15, 0.2) is 24.3 Å². The molecule has 0 unspecified atom stereocenters. The Morgan fingerprint density at radius 2 is 2.11 bits per heavy atom. The third kappa shape index (κ3) is 3.41. The van der Waals surface area contributed by atoms with Crippen LogP contribution in [-0.2, 0) is 0 Å². The molecule has 1 N–H and O–H groups in total. The van der Waals surface area contributed by atoms with E-state index in [0.29, 0.717) is 18.1 Å². The maximum atomic E-state index is 10.8. The van der Waals surface area contributed by atoms with Gasteiger partial charge in [0.15, 0.2) is 0 Å². The first-order valence-corrected chi connectivity index (χ1v) is 6.28. The molecule has 1 fully saturated rings. The molecule has 0 atom stereocenters. The predicted octanol–water partition coefficient (Wildman–Crippen LogP) is 3.08. The van der Waals surface area contributed by atoms with Crippen LogP contribution in [0.2, 0.25) is 5.02 Å². The Balaban J connectivity index is 1.94. The van der Waals surface area contributed by atoms with Gasteiger partial charge in [0.25, 0.3) is 0 Å². The Morgan fingerprint density at radius 3 is 2.72 bits per heavy atom. The van der Waals surface area contributed by atoms with Crippen LogP contribution in [0.3, 0.4) is 0 Å². The third-order valence-corrected chi connectivity index (χ3v) is 3.25. The lowest BCUT2D eigenvalue weighted by Gasteiger charge is -2.27. The van der Waals surface area contributed by atoms with Crippen LogP contribution in [-0.4, -0.2) is 29.2 Å². The SMILES string of the molecule is O=C(O)N1CCC(C#Cc2cccc(Cl)c2)CC1. The van der Waals surface area contributed by atoms with E-state index in [2.05, 4.69) is 11.8 Å². The fourth-order valence-electron chi connectivity index (χ4n) is 1.97. The number of carboxylic acid groups (broad SMARTS) is 1. The van der Waals surface area contributed by atoms with Crippen LogP contribution in [0, 0.1) is 17.8 Å². The summed E-state index contributed by atoms with van der Waals surface area (Å²) in [6.07, 6.45) is 0.774. The first-order valence-electron chi connectivity index (χ1n) is 5.90. The van der Waals surface area contributed by atoms with Gasteiger partial charge in [-0.1, -0.05) is 29.5 Å². The summed E-state index contributed by atoms with van der Waals surface area (Å²) in [4.78, 5) is 12.2. The minimum atomic E-state index is -0.837. The molecule has 1 aliphatic heterocycles. The highest BCUT2D eigenvalue weighted by Gasteiger charge is 2.20. The van der Waals surface area contributed by atoms with Gasteiger partial charge in [0.2, 0.25) is 0 Å². The van der Waals surface area contributed by atoms with Crippen molar-refractivity contribution in [1.29, 1.82) is 0 Å². The lowest BCUT2D eigenvalue weighted by Crippen LogP contribution is -2.37.